The van der Waals surface area contributed by atoms with E-state index in [-0.39, 0.29) is 0 Å². The van der Waals surface area contributed by atoms with Gasteiger partial charge in [-0.3, -0.25) is 9.52 Å². The number of carboxylic acids is 1. The van der Waals surface area contributed by atoms with Crippen molar-refractivity contribution in [1.82, 2.24) is 4.72 Å². The molecule has 0 aromatic heterocycles. The fourth-order valence-corrected chi connectivity index (χ4v) is 3.92. The monoisotopic (exact) mass is 307 g/mol. The van der Waals surface area contributed by atoms with Crippen LogP contribution in [0, 0.1) is 0 Å². The topological polar surface area (TPSA) is 67.8 Å². The van der Waals surface area contributed by atoms with Gasteiger partial charge in [0, 0.05) is 10.8 Å². The van der Waals surface area contributed by atoms with Crippen molar-refractivity contribution in [1.29, 1.82) is 0 Å². The third-order valence-electron chi connectivity index (χ3n) is 3.24. The van der Waals surface area contributed by atoms with Gasteiger partial charge in [-0.05, 0) is 12.0 Å². The van der Waals surface area contributed by atoms with Crippen LogP contribution in [0.3, 0.4) is 0 Å². The minimum atomic E-state index is -0.868. The van der Waals surface area contributed by atoms with Gasteiger partial charge in [0.05, 0.1) is 0 Å². The molecule has 1 fully saturated rings. The number of benzene rings is 1. The second kappa shape index (κ2) is 6.24. The fraction of sp³-hybridized carbons (Fsp3) is 0.267. The zero-order chi connectivity index (χ0) is 14.7. The standard InChI is InChI=1S/C15H17NO4S/c17-15(18)12(8-11-4-2-1-3-5-11)16-21-9-13-14(10-21)20-7-6-19-13/h1-5,9-10,12,16,21H,6-8H2,(H,17,18)/t12-/m0/s1. The van der Waals surface area contributed by atoms with Crippen LogP contribution in [0.25, 0.3) is 0 Å². The lowest BCUT2D eigenvalue weighted by Gasteiger charge is -2.19. The van der Waals surface area contributed by atoms with Crippen molar-refractivity contribution in [2.45, 2.75) is 12.5 Å². The molecule has 0 aliphatic carbocycles. The number of aliphatic carboxylic acids is 1. The molecule has 3 rings (SSSR count). The van der Waals surface area contributed by atoms with Gasteiger partial charge in [-0.15, -0.1) is 0 Å². The Kier molecular flexibility index (Phi) is 4.17. The summed E-state index contributed by atoms with van der Waals surface area (Å²) in [5.74, 6) is 0.599. The third kappa shape index (κ3) is 3.40. The molecule has 0 amide bonds. The summed E-state index contributed by atoms with van der Waals surface area (Å²) in [6.45, 7) is 1.08. The first-order valence-corrected chi connectivity index (χ1v) is 8.21. The molecule has 2 heterocycles. The molecular weight excluding hydrogens is 290 g/mol. The number of rotatable bonds is 5. The zero-order valence-corrected chi connectivity index (χ0v) is 12.3. The average molecular weight is 307 g/mol. The van der Waals surface area contributed by atoms with E-state index in [1.165, 1.54) is 0 Å². The van der Waals surface area contributed by atoms with Gasteiger partial charge in [-0.2, -0.15) is 11.1 Å². The van der Waals surface area contributed by atoms with Crippen molar-refractivity contribution in [3.8, 4) is 0 Å². The quantitative estimate of drug-likeness (QED) is 0.725. The maximum absolute atomic E-state index is 11.5. The molecule has 2 aliphatic heterocycles. The molecule has 0 radical (unpaired) electrons. The summed E-state index contributed by atoms with van der Waals surface area (Å²) in [5.41, 5.74) is 0.997. The molecule has 0 spiro atoms. The minimum Gasteiger partial charge on any atom is -0.486 e. The molecule has 1 atom stereocenters. The van der Waals surface area contributed by atoms with Gasteiger partial charge in [0.25, 0.3) is 0 Å². The smallest absolute Gasteiger partial charge is 0.321 e. The summed E-state index contributed by atoms with van der Waals surface area (Å²) >= 11 is -0.868. The zero-order valence-electron chi connectivity index (χ0n) is 11.4. The van der Waals surface area contributed by atoms with E-state index in [1.807, 2.05) is 41.1 Å². The molecule has 0 bridgehead atoms. The summed E-state index contributed by atoms with van der Waals surface area (Å²) in [6.07, 6.45) is 0.447. The van der Waals surface area contributed by atoms with E-state index >= 15 is 0 Å². The van der Waals surface area contributed by atoms with E-state index in [0.717, 1.165) is 17.1 Å². The van der Waals surface area contributed by atoms with Crippen LogP contribution in [0.1, 0.15) is 5.56 Å². The van der Waals surface area contributed by atoms with E-state index < -0.39 is 23.1 Å². The van der Waals surface area contributed by atoms with E-state index in [0.29, 0.717) is 19.6 Å². The second-order valence-electron chi connectivity index (χ2n) is 4.80. The molecule has 5 nitrogen and oxygen atoms in total. The van der Waals surface area contributed by atoms with Crippen molar-refractivity contribution in [3.05, 3.63) is 58.2 Å². The number of ether oxygens (including phenoxy) is 2. The molecule has 21 heavy (non-hydrogen) atoms. The predicted octanol–water partition coefficient (Wildman–Crippen LogP) is 1.93. The number of hydrogen-bond donors (Lipinski definition) is 3. The Hall–Kier alpha value is -1.92. The second-order valence-corrected chi connectivity index (χ2v) is 6.39. The Morgan fingerprint density at radius 2 is 1.81 bits per heavy atom. The van der Waals surface area contributed by atoms with Crippen LogP contribution >= 0.6 is 11.1 Å². The van der Waals surface area contributed by atoms with E-state index in [4.69, 9.17) is 9.47 Å². The van der Waals surface area contributed by atoms with E-state index in [9.17, 15) is 9.90 Å². The lowest BCUT2D eigenvalue weighted by atomic mass is 10.1. The first kappa shape index (κ1) is 14.0. The predicted molar refractivity (Wildman–Crippen MR) is 81.8 cm³/mol. The van der Waals surface area contributed by atoms with Crippen LogP contribution in [-0.2, 0) is 20.7 Å². The van der Waals surface area contributed by atoms with Gasteiger partial charge in [0.1, 0.15) is 19.3 Å². The summed E-state index contributed by atoms with van der Waals surface area (Å²) in [4.78, 5) is 11.5. The lowest BCUT2D eigenvalue weighted by molar-refractivity contribution is -0.138. The van der Waals surface area contributed by atoms with E-state index in [2.05, 4.69) is 4.72 Å². The maximum atomic E-state index is 11.5. The summed E-state index contributed by atoms with van der Waals surface area (Å²) < 4.78 is 14.2. The molecule has 112 valence electrons. The SMILES string of the molecule is O=C(O)[C@H](Cc1ccccc1)N[SH]1C=C2OCCOC2=C1. The van der Waals surface area contributed by atoms with Crippen LogP contribution < -0.4 is 4.72 Å². The summed E-state index contributed by atoms with van der Waals surface area (Å²) in [6, 6.07) is 8.98. The highest BCUT2D eigenvalue weighted by Crippen LogP contribution is 2.40. The maximum Gasteiger partial charge on any atom is 0.321 e. The summed E-state index contributed by atoms with van der Waals surface area (Å²) in [7, 11) is 0. The van der Waals surface area contributed by atoms with Crippen LogP contribution in [0.4, 0.5) is 0 Å². The van der Waals surface area contributed by atoms with Crippen molar-refractivity contribution in [2.75, 3.05) is 13.2 Å². The van der Waals surface area contributed by atoms with Gasteiger partial charge in [-0.25, -0.2) is 0 Å². The van der Waals surface area contributed by atoms with Crippen LogP contribution in [-0.4, -0.2) is 30.3 Å². The van der Waals surface area contributed by atoms with Crippen LogP contribution in [0.5, 0.6) is 0 Å². The molecule has 2 N–H and O–H groups in total. The van der Waals surface area contributed by atoms with Crippen molar-refractivity contribution in [2.24, 2.45) is 0 Å². The Labute approximate surface area is 125 Å². The van der Waals surface area contributed by atoms with Crippen molar-refractivity contribution >= 4 is 17.1 Å². The molecule has 0 unspecified atom stereocenters. The highest BCUT2D eigenvalue weighted by molar-refractivity contribution is 8.20. The number of nitrogens with one attached hydrogen (secondary N) is 1. The Morgan fingerprint density at radius 1 is 1.19 bits per heavy atom. The molecule has 0 saturated carbocycles. The normalized spacial score (nSPS) is 19.7. The lowest BCUT2D eigenvalue weighted by Crippen LogP contribution is -2.35. The third-order valence-corrected chi connectivity index (χ3v) is 4.87. The molecular formula is C15H17NO4S. The number of hydrogen-bond acceptors (Lipinski definition) is 4. The molecule has 6 heteroatoms. The Balaban J connectivity index is 1.68. The highest BCUT2D eigenvalue weighted by atomic mass is 32.2. The van der Waals surface area contributed by atoms with Gasteiger partial charge in [0.15, 0.2) is 11.5 Å². The summed E-state index contributed by atoms with van der Waals surface area (Å²) in [5, 5.41) is 13.2. The Bertz CT molecular complexity index is 563. The first-order chi connectivity index (χ1) is 10.2. The molecule has 1 saturated heterocycles. The number of carboxylic acid groups (broad SMARTS) is 1. The largest absolute Gasteiger partial charge is 0.486 e. The van der Waals surface area contributed by atoms with Gasteiger partial charge in [-0.1, -0.05) is 30.3 Å². The average Bonchev–Trinajstić information content (AvgIpc) is 2.90. The van der Waals surface area contributed by atoms with Crippen LogP contribution in [0.15, 0.2) is 52.7 Å². The molecule has 1 aromatic carbocycles. The number of carbonyl (C=O) groups is 1. The highest BCUT2D eigenvalue weighted by Gasteiger charge is 2.25. The van der Waals surface area contributed by atoms with Gasteiger partial charge < -0.3 is 14.6 Å². The van der Waals surface area contributed by atoms with Crippen LogP contribution in [0.2, 0.25) is 0 Å². The molecule has 1 aromatic rings. The number of fused-ring (bicyclic) bond motifs is 1. The Morgan fingerprint density at radius 3 is 2.38 bits per heavy atom. The van der Waals surface area contributed by atoms with Crippen molar-refractivity contribution in [3.63, 3.8) is 0 Å². The molecule has 2 aliphatic rings. The van der Waals surface area contributed by atoms with Gasteiger partial charge in [0.2, 0.25) is 0 Å². The minimum absolute atomic E-state index is 0.447. The van der Waals surface area contributed by atoms with Gasteiger partial charge >= 0.3 is 5.97 Å². The van der Waals surface area contributed by atoms with Crippen molar-refractivity contribution < 1.29 is 19.4 Å². The van der Waals surface area contributed by atoms with E-state index in [1.54, 1.807) is 0 Å². The first-order valence-electron chi connectivity index (χ1n) is 6.73. The number of thiol groups is 1. The fourth-order valence-electron chi connectivity index (χ4n) is 2.23.